The van der Waals surface area contributed by atoms with Crippen LogP contribution in [0.1, 0.15) is 44.5 Å². The van der Waals surface area contributed by atoms with Crippen molar-refractivity contribution in [2.24, 2.45) is 0 Å². The Morgan fingerprint density at radius 2 is 0.457 bits per heavy atom. The molecule has 0 aliphatic carbocycles. The molecular weight excluding hydrogens is 1120 g/mol. The number of rotatable bonds is 12. The van der Waals surface area contributed by atoms with E-state index in [9.17, 15) is 0 Å². The summed E-state index contributed by atoms with van der Waals surface area (Å²) in [5.74, 6) is 0. The summed E-state index contributed by atoms with van der Waals surface area (Å²) in [6, 6.07) is 100. The molecule has 0 aliphatic rings. The van der Waals surface area contributed by atoms with E-state index in [0.29, 0.717) is 0 Å². The van der Waals surface area contributed by atoms with Gasteiger partial charge in [0.1, 0.15) is 0 Å². The zero-order valence-electron chi connectivity index (χ0n) is 53.1. The quantitative estimate of drug-likeness (QED) is 0.122. The SMILES string of the molecule is Cc1ccc(N(c2ccccc2)c2ccc3c(c2)c2cc(N(c4ccccc4)c4ccc(C)cc4C)cc4c5cc6c7cc(N(c8ccccc8)c8ccc(C)cc8C)cc8c9cc(N(c%10ccccc%10)c%10ccc(C)cc%10C)ccc9n(c6cc5n3c24)c87)c(C)c1. The standard InChI is InChI=1S/C86H68N6/c1-53-29-35-77(57(5)41-53)87(61-21-13-9-14-22-61)65-33-39-81-69(45-65)73-47-67(89(63-25-17-11-18-26-63)79-37-31-55(3)43-59(79)7)49-75-71-51-72-76-50-68(90(64-27-19-12-20-28-64)80-38-32-56(4)44-60(80)8)48-74-70-46-66(88(62-23-15-10-16-24-62)78-36-30-54(2)42-58(78)6)34-40-82(70)92(86(74)76)84(72)52-83(71)91(81)85(73)75/h9-52H,1-8H3. The monoisotopic (exact) mass is 1180 g/mol. The molecule has 17 rings (SSSR count). The summed E-state index contributed by atoms with van der Waals surface area (Å²) < 4.78 is 5.15. The number of nitrogens with zero attached hydrogens (tertiary/aromatic N) is 6. The maximum Gasteiger partial charge on any atom is 0.0622 e. The van der Waals surface area contributed by atoms with Gasteiger partial charge < -0.3 is 28.4 Å². The van der Waals surface area contributed by atoms with Crippen LogP contribution in [0.2, 0.25) is 0 Å². The van der Waals surface area contributed by atoms with Crippen molar-refractivity contribution in [3.05, 3.63) is 311 Å². The van der Waals surface area contributed by atoms with Crippen LogP contribution in [-0.4, -0.2) is 8.80 Å². The first kappa shape index (κ1) is 54.8. The zero-order chi connectivity index (χ0) is 62.2. The molecule has 0 amide bonds. The lowest BCUT2D eigenvalue weighted by Gasteiger charge is -2.28. The molecular formula is C86H68N6. The van der Waals surface area contributed by atoms with Crippen LogP contribution in [-0.2, 0) is 0 Å². The van der Waals surface area contributed by atoms with Crippen LogP contribution >= 0.6 is 0 Å². The highest BCUT2D eigenvalue weighted by molar-refractivity contribution is 6.30. The first-order chi connectivity index (χ1) is 44.9. The molecule has 0 saturated heterocycles. The molecule has 6 heteroatoms. The number of aromatic nitrogens is 2. The molecule has 0 spiro atoms. The zero-order valence-corrected chi connectivity index (χ0v) is 53.1. The molecule has 0 saturated carbocycles. The van der Waals surface area contributed by atoms with Crippen LogP contribution in [0.25, 0.3) is 76.2 Å². The Morgan fingerprint density at radius 1 is 0.196 bits per heavy atom. The molecule has 0 radical (unpaired) electrons. The maximum absolute atomic E-state index is 2.57. The highest BCUT2D eigenvalue weighted by atomic mass is 15.2. The number of benzene rings is 13. The van der Waals surface area contributed by atoms with E-state index < -0.39 is 0 Å². The Morgan fingerprint density at radius 3 is 0.739 bits per heavy atom. The molecule has 0 N–H and O–H groups in total. The fraction of sp³-hybridized carbons (Fsp3) is 0.0930. The van der Waals surface area contributed by atoms with Crippen molar-refractivity contribution in [1.82, 2.24) is 8.80 Å². The van der Waals surface area contributed by atoms with Gasteiger partial charge in [-0.05, 0) is 223 Å². The van der Waals surface area contributed by atoms with Gasteiger partial charge in [-0.25, -0.2) is 0 Å². The van der Waals surface area contributed by atoms with E-state index >= 15 is 0 Å². The van der Waals surface area contributed by atoms with Gasteiger partial charge in [-0.2, -0.15) is 0 Å². The minimum absolute atomic E-state index is 1.10. The Hall–Kier alpha value is -11.3. The molecule has 4 heterocycles. The van der Waals surface area contributed by atoms with Gasteiger partial charge in [0.25, 0.3) is 0 Å². The molecule has 17 aromatic rings. The van der Waals surface area contributed by atoms with Crippen LogP contribution < -0.4 is 19.6 Å². The van der Waals surface area contributed by atoms with Gasteiger partial charge in [0.15, 0.2) is 0 Å². The van der Waals surface area contributed by atoms with Crippen molar-refractivity contribution in [3.63, 3.8) is 0 Å². The molecule has 0 aliphatic heterocycles. The van der Waals surface area contributed by atoms with Crippen LogP contribution in [0, 0.1) is 55.4 Å². The van der Waals surface area contributed by atoms with Crippen molar-refractivity contribution in [2.45, 2.75) is 55.4 Å². The predicted molar refractivity (Wildman–Crippen MR) is 392 cm³/mol. The van der Waals surface area contributed by atoms with Gasteiger partial charge >= 0.3 is 0 Å². The van der Waals surface area contributed by atoms with E-state index in [4.69, 9.17) is 0 Å². The first-order valence-corrected chi connectivity index (χ1v) is 32.1. The predicted octanol–water partition coefficient (Wildman–Crippen LogP) is 24.3. The van der Waals surface area contributed by atoms with E-state index in [2.05, 4.69) is 351 Å². The lowest BCUT2D eigenvalue weighted by atomic mass is 10.0. The van der Waals surface area contributed by atoms with Crippen molar-refractivity contribution < 1.29 is 0 Å². The van der Waals surface area contributed by atoms with E-state index in [0.717, 1.165) is 79.3 Å². The summed E-state index contributed by atoms with van der Waals surface area (Å²) in [6.45, 7) is 17.7. The van der Waals surface area contributed by atoms with Gasteiger partial charge in [0.2, 0.25) is 0 Å². The number of hydrogen-bond acceptors (Lipinski definition) is 4. The van der Waals surface area contributed by atoms with E-state index in [1.54, 1.807) is 0 Å². The summed E-state index contributed by atoms with van der Waals surface area (Å²) in [7, 11) is 0. The molecule has 4 aromatic heterocycles. The minimum atomic E-state index is 1.10. The molecule has 13 aromatic carbocycles. The molecule has 6 nitrogen and oxygen atoms in total. The van der Waals surface area contributed by atoms with E-state index in [1.165, 1.54) is 110 Å². The fourth-order valence-electron chi connectivity index (χ4n) is 15.3. The normalized spacial score (nSPS) is 11.9. The Kier molecular flexibility index (Phi) is 12.6. The molecule has 442 valence electrons. The van der Waals surface area contributed by atoms with Crippen LogP contribution in [0.3, 0.4) is 0 Å². The van der Waals surface area contributed by atoms with E-state index in [-0.39, 0.29) is 0 Å². The number of fused-ring (bicyclic) bond motifs is 12. The fourth-order valence-corrected chi connectivity index (χ4v) is 15.3. The molecule has 0 unspecified atom stereocenters. The van der Waals surface area contributed by atoms with Crippen molar-refractivity contribution in [2.75, 3.05) is 19.6 Å². The second-order valence-electron chi connectivity index (χ2n) is 25.6. The van der Waals surface area contributed by atoms with Crippen molar-refractivity contribution >= 4 is 144 Å². The van der Waals surface area contributed by atoms with Gasteiger partial charge in [-0.3, -0.25) is 0 Å². The third-order valence-electron chi connectivity index (χ3n) is 19.3. The van der Waals surface area contributed by atoms with Gasteiger partial charge in [-0.1, -0.05) is 144 Å². The summed E-state index contributed by atoms with van der Waals surface area (Å²) in [5.41, 5.74) is 30.4. The highest BCUT2D eigenvalue weighted by Gasteiger charge is 2.29. The van der Waals surface area contributed by atoms with Gasteiger partial charge in [-0.15, -0.1) is 0 Å². The van der Waals surface area contributed by atoms with E-state index in [1.807, 2.05) is 0 Å². The average molecular weight is 1190 g/mol. The summed E-state index contributed by atoms with van der Waals surface area (Å²) >= 11 is 0. The second kappa shape index (κ2) is 21.1. The summed E-state index contributed by atoms with van der Waals surface area (Å²) in [6.07, 6.45) is 0. The lowest BCUT2D eigenvalue weighted by Crippen LogP contribution is -2.11. The van der Waals surface area contributed by atoms with Crippen molar-refractivity contribution in [3.8, 4) is 0 Å². The van der Waals surface area contributed by atoms with Crippen LogP contribution in [0.5, 0.6) is 0 Å². The molecule has 92 heavy (non-hydrogen) atoms. The lowest BCUT2D eigenvalue weighted by molar-refractivity contribution is 1.24. The highest BCUT2D eigenvalue weighted by Crippen LogP contribution is 2.52. The largest absolute Gasteiger partial charge is 0.310 e. The van der Waals surface area contributed by atoms with Gasteiger partial charge in [0, 0.05) is 111 Å². The Bertz CT molecular complexity index is 5390. The third-order valence-corrected chi connectivity index (χ3v) is 19.3. The number of hydrogen-bond donors (Lipinski definition) is 0. The Balaban J connectivity index is 0.993. The van der Waals surface area contributed by atoms with Crippen molar-refractivity contribution in [1.29, 1.82) is 0 Å². The van der Waals surface area contributed by atoms with Crippen LogP contribution in [0.15, 0.2) is 267 Å². The first-order valence-electron chi connectivity index (χ1n) is 32.1. The summed E-state index contributed by atoms with van der Waals surface area (Å²) in [5, 5.41) is 9.63. The summed E-state index contributed by atoms with van der Waals surface area (Å²) in [4.78, 5) is 9.80. The number of aryl methyl sites for hydroxylation is 8. The van der Waals surface area contributed by atoms with Gasteiger partial charge in [0.05, 0.1) is 33.1 Å². The Labute approximate surface area is 536 Å². The molecule has 0 fully saturated rings. The topological polar surface area (TPSA) is 21.8 Å². The average Bonchev–Trinajstić information content (AvgIpc) is 1.52. The smallest absolute Gasteiger partial charge is 0.0622 e. The third kappa shape index (κ3) is 8.62. The van der Waals surface area contributed by atoms with Crippen LogP contribution in [0.4, 0.5) is 68.2 Å². The minimum Gasteiger partial charge on any atom is -0.310 e. The maximum atomic E-state index is 2.57. The second-order valence-corrected chi connectivity index (χ2v) is 25.6. The molecule has 0 bridgehead atoms. The number of para-hydroxylation sites is 4. The number of anilines is 12. The molecule has 0 atom stereocenters.